The van der Waals surface area contributed by atoms with Gasteiger partial charge in [0.05, 0.1) is 13.0 Å². The molecule has 1 aromatic heterocycles. The summed E-state index contributed by atoms with van der Waals surface area (Å²) in [5.74, 6) is -0.205. The summed E-state index contributed by atoms with van der Waals surface area (Å²) in [5, 5.41) is 10.1. The van der Waals surface area contributed by atoms with Crippen LogP contribution in [0.5, 0.6) is 0 Å². The van der Waals surface area contributed by atoms with Gasteiger partial charge in [0.15, 0.2) is 0 Å². The van der Waals surface area contributed by atoms with Crippen LogP contribution in [0.2, 0.25) is 0 Å². The van der Waals surface area contributed by atoms with Crippen LogP contribution in [0, 0.1) is 0 Å². The molecule has 7 nitrogen and oxygen atoms in total. The highest BCUT2D eigenvalue weighted by Crippen LogP contribution is 2.18. The molecule has 110 valence electrons. The standard InChI is InChI=1S/C14H15N3O4/c1-2-20-13(19)8-7-12(18)16-11-5-3-10(4-6-11)14-17-15-9-21-14/h3-6,9H,2,7-8H2,1H3,(H,16,18). The third-order valence-corrected chi connectivity index (χ3v) is 2.64. The Morgan fingerprint density at radius 2 is 2.00 bits per heavy atom. The van der Waals surface area contributed by atoms with Gasteiger partial charge in [-0.3, -0.25) is 9.59 Å². The second-order valence-corrected chi connectivity index (χ2v) is 4.17. The average molecular weight is 289 g/mol. The van der Waals surface area contributed by atoms with Gasteiger partial charge in [-0.25, -0.2) is 0 Å². The van der Waals surface area contributed by atoms with Crippen molar-refractivity contribution in [2.75, 3.05) is 11.9 Å². The highest BCUT2D eigenvalue weighted by atomic mass is 16.5. The summed E-state index contributed by atoms with van der Waals surface area (Å²) in [4.78, 5) is 22.8. The van der Waals surface area contributed by atoms with Gasteiger partial charge in [-0.1, -0.05) is 0 Å². The zero-order chi connectivity index (χ0) is 15.1. The smallest absolute Gasteiger partial charge is 0.306 e. The van der Waals surface area contributed by atoms with Crippen LogP contribution in [0.4, 0.5) is 5.69 Å². The Kier molecular flexibility index (Phi) is 5.03. The topological polar surface area (TPSA) is 94.3 Å². The zero-order valence-corrected chi connectivity index (χ0v) is 11.5. The van der Waals surface area contributed by atoms with Crippen molar-refractivity contribution in [3.8, 4) is 11.5 Å². The summed E-state index contributed by atoms with van der Waals surface area (Å²) in [6.07, 6.45) is 1.41. The van der Waals surface area contributed by atoms with Crippen LogP contribution >= 0.6 is 0 Å². The summed E-state index contributed by atoms with van der Waals surface area (Å²) in [7, 11) is 0. The lowest BCUT2D eigenvalue weighted by Crippen LogP contribution is -2.14. The molecule has 2 aromatic rings. The van der Waals surface area contributed by atoms with Crippen molar-refractivity contribution in [1.82, 2.24) is 10.2 Å². The fraction of sp³-hybridized carbons (Fsp3) is 0.286. The van der Waals surface area contributed by atoms with E-state index in [2.05, 4.69) is 15.5 Å². The fourth-order valence-corrected chi connectivity index (χ4v) is 1.67. The van der Waals surface area contributed by atoms with Crippen molar-refractivity contribution < 1.29 is 18.7 Å². The van der Waals surface area contributed by atoms with E-state index in [1.807, 2.05) is 0 Å². The maximum absolute atomic E-state index is 11.7. The van der Waals surface area contributed by atoms with Gasteiger partial charge in [0.2, 0.25) is 18.2 Å². The molecule has 0 aliphatic carbocycles. The fourth-order valence-electron chi connectivity index (χ4n) is 1.67. The first-order valence-electron chi connectivity index (χ1n) is 6.51. The Labute approximate surface area is 121 Å². The first-order valence-corrected chi connectivity index (χ1v) is 6.51. The first-order chi connectivity index (χ1) is 10.2. The molecule has 0 aliphatic rings. The molecule has 1 heterocycles. The molecular formula is C14H15N3O4. The van der Waals surface area contributed by atoms with Crippen molar-refractivity contribution >= 4 is 17.6 Å². The SMILES string of the molecule is CCOC(=O)CCC(=O)Nc1ccc(-c2nnco2)cc1. The number of hydrogen-bond donors (Lipinski definition) is 1. The van der Waals surface area contributed by atoms with Gasteiger partial charge in [-0.15, -0.1) is 10.2 Å². The van der Waals surface area contributed by atoms with Crippen molar-refractivity contribution in [2.24, 2.45) is 0 Å². The lowest BCUT2D eigenvalue weighted by atomic mass is 10.2. The summed E-state index contributed by atoms with van der Waals surface area (Å²) < 4.78 is 9.82. The van der Waals surface area contributed by atoms with E-state index in [1.54, 1.807) is 31.2 Å². The number of rotatable bonds is 6. The molecule has 0 spiro atoms. The lowest BCUT2D eigenvalue weighted by molar-refractivity contribution is -0.144. The van der Waals surface area contributed by atoms with E-state index < -0.39 is 0 Å². The van der Waals surface area contributed by atoms with Gasteiger partial charge >= 0.3 is 5.97 Å². The Bertz CT molecular complexity index is 593. The van der Waals surface area contributed by atoms with Crippen molar-refractivity contribution in [3.63, 3.8) is 0 Å². The molecule has 0 bridgehead atoms. The lowest BCUT2D eigenvalue weighted by Gasteiger charge is -2.05. The van der Waals surface area contributed by atoms with E-state index in [1.165, 1.54) is 6.39 Å². The third-order valence-electron chi connectivity index (χ3n) is 2.64. The number of amides is 1. The molecule has 0 radical (unpaired) electrons. The number of ether oxygens (including phenoxy) is 1. The maximum Gasteiger partial charge on any atom is 0.306 e. The minimum absolute atomic E-state index is 0.0692. The summed E-state index contributed by atoms with van der Waals surface area (Å²) in [5.41, 5.74) is 1.39. The molecular weight excluding hydrogens is 274 g/mol. The number of carbonyl (C=O) groups excluding carboxylic acids is 2. The number of hydrogen-bond acceptors (Lipinski definition) is 6. The third kappa shape index (κ3) is 4.41. The minimum Gasteiger partial charge on any atom is -0.466 e. The monoisotopic (exact) mass is 289 g/mol. The van der Waals surface area contributed by atoms with Gasteiger partial charge in [0.25, 0.3) is 0 Å². The largest absolute Gasteiger partial charge is 0.466 e. The molecule has 0 fully saturated rings. The maximum atomic E-state index is 11.7. The molecule has 0 saturated carbocycles. The van der Waals surface area contributed by atoms with Crippen molar-refractivity contribution in [3.05, 3.63) is 30.7 Å². The number of benzene rings is 1. The number of aromatic nitrogens is 2. The predicted molar refractivity (Wildman–Crippen MR) is 74.2 cm³/mol. The Hall–Kier alpha value is -2.70. The van der Waals surface area contributed by atoms with E-state index in [-0.39, 0.29) is 24.7 Å². The van der Waals surface area contributed by atoms with E-state index >= 15 is 0 Å². The van der Waals surface area contributed by atoms with Crippen LogP contribution in [0.1, 0.15) is 19.8 Å². The predicted octanol–water partition coefficient (Wildman–Crippen LogP) is 2.02. The molecule has 21 heavy (non-hydrogen) atoms. The Morgan fingerprint density at radius 1 is 1.24 bits per heavy atom. The summed E-state index contributed by atoms with van der Waals surface area (Å²) in [6.45, 7) is 2.04. The molecule has 2 rings (SSSR count). The van der Waals surface area contributed by atoms with Crippen molar-refractivity contribution in [2.45, 2.75) is 19.8 Å². The van der Waals surface area contributed by atoms with E-state index in [4.69, 9.17) is 9.15 Å². The minimum atomic E-state index is -0.376. The van der Waals surface area contributed by atoms with Gasteiger partial charge in [0, 0.05) is 17.7 Å². The van der Waals surface area contributed by atoms with E-state index in [0.717, 1.165) is 5.56 Å². The van der Waals surface area contributed by atoms with Crippen LogP contribution in [0.3, 0.4) is 0 Å². The molecule has 0 aliphatic heterocycles. The summed E-state index contributed by atoms with van der Waals surface area (Å²) in [6, 6.07) is 6.96. The number of carbonyl (C=O) groups is 2. The van der Waals surface area contributed by atoms with Crippen molar-refractivity contribution in [1.29, 1.82) is 0 Å². The van der Waals surface area contributed by atoms with E-state index in [0.29, 0.717) is 18.2 Å². The quantitative estimate of drug-likeness (QED) is 0.817. The highest BCUT2D eigenvalue weighted by Gasteiger charge is 2.08. The number of nitrogens with zero attached hydrogens (tertiary/aromatic N) is 2. The van der Waals surface area contributed by atoms with Crippen LogP contribution in [0.15, 0.2) is 35.1 Å². The second kappa shape index (κ2) is 7.18. The highest BCUT2D eigenvalue weighted by molar-refractivity contribution is 5.92. The zero-order valence-electron chi connectivity index (χ0n) is 11.5. The first kappa shape index (κ1) is 14.7. The van der Waals surface area contributed by atoms with Gasteiger partial charge in [-0.05, 0) is 31.2 Å². The molecule has 1 aromatic carbocycles. The second-order valence-electron chi connectivity index (χ2n) is 4.17. The van der Waals surface area contributed by atoms with Crippen LogP contribution in [0.25, 0.3) is 11.5 Å². The number of anilines is 1. The number of nitrogens with one attached hydrogen (secondary N) is 1. The molecule has 0 atom stereocenters. The Morgan fingerprint density at radius 3 is 2.62 bits per heavy atom. The van der Waals surface area contributed by atoms with Crippen LogP contribution < -0.4 is 5.32 Å². The normalized spacial score (nSPS) is 10.1. The Balaban J connectivity index is 1.85. The molecule has 1 N–H and O–H groups in total. The summed E-state index contributed by atoms with van der Waals surface area (Å²) >= 11 is 0. The number of esters is 1. The molecule has 0 unspecified atom stereocenters. The molecule has 1 amide bonds. The van der Waals surface area contributed by atoms with Crippen LogP contribution in [-0.2, 0) is 14.3 Å². The molecule has 7 heteroatoms. The van der Waals surface area contributed by atoms with E-state index in [9.17, 15) is 9.59 Å². The van der Waals surface area contributed by atoms with Crippen LogP contribution in [-0.4, -0.2) is 28.7 Å². The van der Waals surface area contributed by atoms with Gasteiger partial charge in [-0.2, -0.15) is 0 Å². The average Bonchev–Trinajstić information content (AvgIpc) is 3.00. The molecule has 0 saturated heterocycles. The van der Waals surface area contributed by atoms with Gasteiger partial charge in [0.1, 0.15) is 0 Å². The van der Waals surface area contributed by atoms with Gasteiger partial charge < -0.3 is 14.5 Å².